The molecule has 3 rings (SSSR count). The van der Waals surface area contributed by atoms with Crippen molar-refractivity contribution in [1.29, 1.82) is 0 Å². The summed E-state index contributed by atoms with van der Waals surface area (Å²) in [5, 5.41) is 0. The van der Waals surface area contributed by atoms with Crippen LogP contribution in [0.2, 0.25) is 0 Å². The summed E-state index contributed by atoms with van der Waals surface area (Å²) in [6, 6.07) is 13.3. The van der Waals surface area contributed by atoms with Gasteiger partial charge in [0.25, 0.3) is 0 Å². The fourth-order valence-corrected chi connectivity index (χ4v) is 6.03. The Hall–Kier alpha value is -1.26. The van der Waals surface area contributed by atoms with E-state index in [1.165, 1.54) is 31.8 Å². The molecule has 2 aromatic heterocycles. The van der Waals surface area contributed by atoms with E-state index in [1.807, 2.05) is 0 Å². The third kappa shape index (κ3) is 3.78. The van der Waals surface area contributed by atoms with E-state index in [9.17, 15) is 0 Å². The second kappa shape index (κ2) is 9.04. The first-order chi connectivity index (χ1) is 13.4. The first kappa shape index (κ1) is 21.4. The third-order valence-electron chi connectivity index (χ3n) is 5.33. The van der Waals surface area contributed by atoms with Crippen LogP contribution in [-0.2, 0) is 18.2 Å². The molecule has 5 heteroatoms. The molecule has 0 saturated heterocycles. The molecule has 0 N–H and O–H groups in total. The van der Waals surface area contributed by atoms with Crippen molar-refractivity contribution in [2.45, 2.75) is 53.4 Å². The average molecular weight is 582 g/mol. The van der Waals surface area contributed by atoms with Gasteiger partial charge < -0.3 is 0 Å². The van der Waals surface area contributed by atoms with Crippen LogP contribution in [0.1, 0.15) is 64.5 Å². The summed E-state index contributed by atoms with van der Waals surface area (Å²) in [4.78, 5) is 2.40. The molecule has 3 aromatic rings. The zero-order valence-corrected chi connectivity index (χ0v) is 20.6. The van der Waals surface area contributed by atoms with E-state index in [1.54, 1.807) is 0 Å². The van der Waals surface area contributed by atoms with E-state index < -0.39 is 18.2 Å². The van der Waals surface area contributed by atoms with Crippen molar-refractivity contribution in [2.75, 3.05) is 18.0 Å². The first-order valence-corrected chi connectivity index (χ1v) is 13.8. The van der Waals surface area contributed by atoms with Crippen LogP contribution in [0, 0.1) is 3.63 Å². The van der Waals surface area contributed by atoms with Gasteiger partial charge in [-0.2, -0.15) is 0 Å². The van der Waals surface area contributed by atoms with Crippen molar-refractivity contribution in [3.63, 3.8) is 0 Å². The van der Waals surface area contributed by atoms with Gasteiger partial charge in [0.15, 0.2) is 0 Å². The van der Waals surface area contributed by atoms with E-state index in [-0.39, 0.29) is 0 Å². The summed E-state index contributed by atoms with van der Waals surface area (Å²) >= 11 is -0.521. The minimum absolute atomic E-state index is 0.450. The number of pyridine rings is 1. The molecule has 0 aliphatic carbocycles. The maximum absolute atomic E-state index is 6.67. The van der Waals surface area contributed by atoms with Gasteiger partial charge in [0.2, 0.25) is 0 Å². The number of fused-ring (bicyclic) bond motifs is 1. The quantitative estimate of drug-likeness (QED) is 0.299. The monoisotopic (exact) mass is 581 g/mol. The molecule has 3 nitrogen and oxygen atoms in total. The molecule has 0 aliphatic heterocycles. The normalized spacial score (nSPS) is 13.1. The number of anilines is 1. The first-order valence-electron chi connectivity index (χ1n) is 10.1. The van der Waals surface area contributed by atoms with E-state index in [0.717, 1.165) is 13.1 Å². The van der Waals surface area contributed by atoms with Crippen LogP contribution in [0.5, 0.6) is 0 Å². The van der Waals surface area contributed by atoms with Crippen molar-refractivity contribution in [3.05, 3.63) is 57.4 Å². The fourth-order valence-electron chi connectivity index (χ4n) is 3.87. The van der Waals surface area contributed by atoms with Crippen LogP contribution >= 0.6 is 9.19 Å². The van der Waals surface area contributed by atoms with Crippen molar-refractivity contribution in [2.24, 2.45) is 0 Å². The van der Waals surface area contributed by atoms with E-state index in [2.05, 4.69) is 98.0 Å². The summed E-state index contributed by atoms with van der Waals surface area (Å²) in [6.07, 6.45) is 2.27. The number of aromatic nitrogens is 2. The van der Waals surface area contributed by atoms with Crippen LogP contribution < -0.4 is 4.90 Å². The molecule has 1 aromatic carbocycles. The van der Waals surface area contributed by atoms with Crippen molar-refractivity contribution in [3.8, 4) is 5.69 Å². The van der Waals surface area contributed by atoms with E-state index in [4.69, 9.17) is 9.19 Å². The number of halogens is 1. The van der Waals surface area contributed by atoms with E-state index in [0.29, 0.717) is 11.8 Å². The number of rotatable bonds is 6. The van der Waals surface area contributed by atoms with Gasteiger partial charge in [-0.05, 0) is 0 Å². The predicted octanol–water partition coefficient (Wildman–Crippen LogP) is 6.59. The van der Waals surface area contributed by atoms with Crippen LogP contribution in [-0.4, -0.2) is 22.1 Å². The van der Waals surface area contributed by atoms with Gasteiger partial charge >= 0.3 is 182 Å². The van der Waals surface area contributed by atoms with Gasteiger partial charge in [-0.15, -0.1) is 0 Å². The number of hydrogen-bond donors (Lipinski definition) is 0. The fraction of sp³-hybridized carbons (Fsp3) is 0.435. The molecule has 0 bridgehead atoms. The summed E-state index contributed by atoms with van der Waals surface area (Å²) in [5.74, 6) is 2.12. The van der Waals surface area contributed by atoms with Gasteiger partial charge in [0, 0.05) is 0 Å². The molecule has 0 radical (unpaired) electrons. The van der Waals surface area contributed by atoms with Gasteiger partial charge in [0.1, 0.15) is 0 Å². The number of hydrogen-bond acceptors (Lipinski definition) is 1. The second-order valence-electron chi connectivity index (χ2n) is 7.70. The second-order valence-corrected chi connectivity index (χ2v) is 10.0. The third-order valence-corrected chi connectivity index (χ3v) is 7.54. The molecule has 158 valence electrons. The number of para-hydroxylation sites is 1. The number of imidazole rings is 1. The van der Waals surface area contributed by atoms with Crippen LogP contribution in [0.15, 0.2) is 42.6 Å². The molecular weight excluding hydrogens is 551 g/mol. The van der Waals surface area contributed by atoms with Crippen LogP contribution in [0.3, 0.4) is 0 Å². The maximum atomic E-state index is 6.67. The van der Waals surface area contributed by atoms with Crippen LogP contribution in [0.4, 0.5) is 5.82 Å². The van der Waals surface area contributed by atoms with E-state index >= 15 is 0 Å². The standard InChI is InChI=1S/C23H31N3.Au.ClH/c1-7-24(8-2)22-14-9-11-19-15-25(16-26(19)22)23-20(17(3)4)12-10-13-21(23)18(5)6;;/h9-15,17-18H,7-8H2,1-6H3;;1H/q;-1;/p-1. The van der Waals surface area contributed by atoms with Crippen molar-refractivity contribution >= 4 is 20.5 Å². The molecular formula is C23H31AuClN3-2. The molecule has 0 unspecified atom stereocenters. The average Bonchev–Trinajstić information content (AvgIpc) is 3.07. The van der Waals surface area contributed by atoms with Gasteiger partial charge in [-0.3, -0.25) is 0 Å². The molecule has 0 amide bonds. The number of benzene rings is 1. The van der Waals surface area contributed by atoms with Gasteiger partial charge in [-0.25, -0.2) is 0 Å². The summed E-state index contributed by atoms with van der Waals surface area (Å²) in [5.41, 5.74) is 5.27. The molecule has 0 spiro atoms. The minimum atomic E-state index is -0.521. The SMILES string of the molecule is CCN(CC)c1cccc2cn(-c3c(C(C)C)cccc3C(C)C)[c](=[Au-2][Cl])n12. The van der Waals surface area contributed by atoms with Gasteiger partial charge in [0.05, 0.1) is 0 Å². The summed E-state index contributed by atoms with van der Waals surface area (Å²) in [6.45, 7) is 15.5. The van der Waals surface area contributed by atoms with Crippen LogP contribution in [0.25, 0.3) is 11.2 Å². The Labute approximate surface area is 181 Å². The Morgan fingerprint density at radius 1 is 0.929 bits per heavy atom. The molecule has 2 heterocycles. The Morgan fingerprint density at radius 3 is 2.00 bits per heavy atom. The zero-order valence-electron chi connectivity index (χ0n) is 17.6. The Kier molecular flexibility index (Phi) is 6.93. The molecule has 0 atom stereocenters. The molecule has 0 saturated carbocycles. The topological polar surface area (TPSA) is 12.6 Å². The Balaban J connectivity index is 2.43. The molecule has 28 heavy (non-hydrogen) atoms. The van der Waals surface area contributed by atoms with Gasteiger partial charge in [-0.1, -0.05) is 0 Å². The molecule has 0 fully saturated rings. The Bertz CT molecular complexity index is 1000. The summed E-state index contributed by atoms with van der Waals surface area (Å²) in [7, 11) is 6.67. The predicted molar refractivity (Wildman–Crippen MR) is 118 cm³/mol. The molecule has 0 aliphatic rings. The van der Waals surface area contributed by atoms with Crippen molar-refractivity contribution in [1.82, 2.24) is 8.97 Å². The zero-order chi connectivity index (χ0) is 20.4. The van der Waals surface area contributed by atoms with Crippen molar-refractivity contribution < 1.29 is 18.2 Å². The summed E-state index contributed by atoms with van der Waals surface area (Å²) < 4.78 is 5.94. The Morgan fingerprint density at radius 2 is 1.50 bits per heavy atom. The number of nitrogens with zero attached hydrogens (tertiary/aromatic N) is 3.